The number of hydrogen-bond acceptors (Lipinski definition) is 4. The Morgan fingerprint density at radius 2 is 2.10 bits per heavy atom. The zero-order valence-electron chi connectivity index (χ0n) is 6.60. The highest BCUT2D eigenvalue weighted by molar-refractivity contribution is 4.93. The van der Waals surface area contributed by atoms with E-state index in [-0.39, 0.29) is 0 Å². The first kappa shape index (κ1) is 9.10. The van der Waals surface area contributed by atoms with Crippen molar-refractivity contribution in [1.29, 1.82) is 0 Å². The van der Waals surface area contributed by atoms with Gasteiger partial charge in [-0.05, 0) is 13.8 Å². The maximum Gasteiger partial charge on any atom is 0.117 e. The highest BCUT2D eigenvalue weighted by Gasteiger charge is 1.93. The second-order valence-corrected chi connectivity index (χ2v) is 2.24. The average Bonchev–Trinajstić information content (AvgIpc) is 1.86. The van der Waals surface area contributed by atoms with Crippen LogP contribution in [-0.4, -0.2) is 18.3 Å². The van der Waals surface area contributed by atoms with Gasteiger partial charge in [0.1, 0.15) is 5.82 Å². The molecule has 4 heteroatoms. The smallest absolute Gasteiger partial charge is 0.117 e. The van der Waals surface area contributed by atoms with Crippen LogP contribution in [0.3, 0.4) is 0 Å². The van der Waals surface area contributed by atoms with Crippen molar-refractivity contribution >= 4 is 0 Å². The van der Waals surface area contributed by atoms with Gasteiger partial charge in [-0.15, -0.1) is 0 Å². The van der Waals surface area contributed by atoms with Crippen molar-refractivity contribution in [3.05, 3.63) is 12.0 Å². The van der Waals surface area contributed by atoms with Gasteiger partial charge < -0.3 is 10.6 Å². The minimum Gasteiger partial charge on any atom is -0.374 e. The second-order valence-electron chi connectivity index (χ2n) is 2.24. The molecule has 0 aliphatic heterocycles. The van der Waals surface area contributed by atoms with Gasteiger partial charge in [-0.25, -0.2) is 0 Å². The van der Waals surface area contributed by atoms with E-state index in [1.807, 2.05) is 19.3 Å². The van der Waals surface area contributed by atoms with Crippen LogP contribution in [0, 0.1) is 0 Å². The van der Waals surface area contributed by atoms with Crippen molar-refractivity contribution in [2.75, 3.05) is 7.05 Å². The molecule has 0 aromatic carbocycles. The fourth-order valence-electron chi connectivity index (χ4n) is 0.562. The second kappa shape index (κ2) is 4.93. The molecule has 0 aliphatic carbocycles. The van der Waals surface area contributed by atoms with Gasteiger partial charge in [-0.2, -0.15) is 0 Å². The van der Waals surface area contributed by atoms with Crippen LogP contribution in [0.15, 0.2) is 12.0 Å². The predicted molar refractivity (Wildman–Crippen MR) is 40.3 cm³/mol. The van der Waals surface area contributed by atoms with E-state index in [1.54, 1.807) is 7.05 Å². The third-order valence-electron chi connectivity index (χ3n) is 0.922. The first-order valence-electron chi connectivity index (χ1n) is 3.24. The van der Waals surface area contributed by atoms with Crippen LogP contribution in [0.4, 0.5) is 0 Å². The molecular weight excluding hydrogens is 130 g/mol. The van der Waals surface area contributed by atoms with Gasteiger partial charge in [0.2, 0.25) is 0 Å². The Labute approximate surface area is 61.3 Å². The first-order valence-corrected chi connectivity index (χ1v) is 3.24. The quantitative estimate of drug-likeness (QED) is 0.420. The van der Waals surface area contributed by atoms with Gasteiger partial charge in [0.05, 0.1) is 6.20 Å². The van der Waals surface area contributed by atoms with E-state index in [1.165, 1.54) is 6.20 Å². The third kappa shape index (κ3) is 4.03. The Morgan fingerprint density at radius 3 is 2.40 bits per heavy atom. The summed E-state index contributed by atoms with van der Waals surface area (Å²) in [6.07, 6.45) is 1.44. The highest BCUT2D eigenvalue weighted by atomic mass is 16.5. The Morgan fingerprint density at radius 1 is 1.50 bits per heavy atom. The van der Waals surface area contributed by atoms with Crippen LogP contribution >= 0.6 is 0 Å². The largest absolute Gasteiger partial charge is 0.374 e. The summed E-state index contributed by atoms with van der Waals surface area (Å²) in [4.78, 5) is 0. The molecule has 4 nitrogen and oxygen atoms in total. The minimum atomic E-state index is 0.354. The van der Waals surface area contributed by atoms with Crippen molar-refractivity contribution in [1.82, 2.24) is 16.1 Å². The monoisotopic (exact) mass is 145 g/mol. The van der Waals surface area contributed by atoms with Gasteiger partial charge in [-0.3, -0.25) is 10.7 Å². The lowest BCUT2D eigenvalue weighted by Crippen LogP contribution is -2.30. The summed E-state index contributed by atoms with van der Waals surface area (Å²) in [5.41, 5.74) is 1.94. The molecule has 0 aromatic heterocycles. The lowest BCUT2D eigenvalue weighted by molar-refractivity contribution is 0.212. The fraction of sp³-hybridized carbons (Fsp3) is 0.667. The lowest BCUT2D eigenvalue weighted by atomic mass is 10.4. The lowest BCUT2D eigenvalue weighted by Gasteiger charge is -2.12. The molecule has 0 amide bonds. The highest BCUT2D eigenvalue weighted by Crippen LogP contribution is 1.83. The maximum absolute atomic E-state index is 8.27. The van der Waals surface area contributed by atoms with E-state index in [4.69, 9.17) is 5.21 Å². The molecule has 0 atom stereocenters. The molecule has 0 radical (unpaired) electrons. The molecule has 60 valence electrons. The van der Waals surface area contributed by atoms with Crippen molar-refractivity contribution in [3.63, 3.8) is 0 Å². The van der Waals surface area contributed by atoms with Crippen molar-refractivity contribution in [2.45, 2.75) is 19.9 Å². The molecule has 0 aliphatic rings. The van der Waals surface area contributed by atoms with Crippen LogP contribution in [-0.2, 0) is 0 Å². The summed E-state index contributed by atoms with van der Waals surface area (Å²) in [7, 11) is 1.78. The molecular formula is C6H15N3O. The molecule has 0 fully saturated rings. The zero-order valence-corrected chi connectivity index (χ0v) is 6.60. The van der Waals surface area contributed by atoms with Crippen LogP contribution in [0.1, 0.15) is 13.8 Å². The number of hydrogen-bond donors (Lipinski definition) is 4. The summed E-state index contributed by atoms with van der Waals surface area (Å²) in [5, 5.41) is 14.2. The van der Waals surface area contributed by atoms with Gasteiger partial charge >= 0.3 is 0 Å². The van der Waals surface area contributed by atoms with Crippen LogP contribution in [0.5, 0.6) is 0 Å². The molecule has 10 heavy (non-hydrogen) atoms. The van der Waals surface area contributed by atoms with Crippen molar-refractivity contribution in [3.8, 4) is 0 Å². The molecule has 4 N–H and O–H groups in total. The normalized spacial score (nSPS) is 11.5. The van der Waals surface area contributed by atoms with E-state index in [9.17, 15) is 0 Å². The van der Waals surface area contributed by atoms with Crippen LogP contribution in [0.2, 0.25) is 0 Å². The molecule has 0 heterocycles. The third-order valence-corrected chi connectivity index (χ3v) is 0.922. The minimum absolute atomic E-state index is 0.354. The Balaban J connectivity index is 3.71. The number of nitrogens with one attached hydrogen (secondary N) is 3. The van der Waals surface area contributed by atoms with Gasteiger partial charge in [0.15, 0.2) is 0 Å². The molecule has 0 rings (SSSR count). The first-order chi connectivity index (χ1) is 4.70. The molecule has 0 saturated carbocycles. The Bertz CT molecular complexity index is 112. The summed E-state index contributed by atoms with van der Waals surface area (Å²) < 4.78 is 0. The average molecular weight is 145 g/mol. The van der Waals surface area contributed by atoms with Crippen LogP contribution < -0.4 is 16.1 Å². The van der Waals surface area contributed by atoms with Gasteiger partial charge in [-0.1, -0.05) is 0 Å². The Kier molecular flexibility index (Phi) is 4.49. The SMILES string of the molecule is CN/C(=C\NO)NC(C)C. The number of hydroxylamine groups is 1. The topological polar surface area (TPSA) is 56.3 Å². The summed E-state index contributed by atoms with van der Waals surface area (Å²) in [6.45, 7) is 4.03. The van der Waals surface area contributed by atoms with Crippen molar-refractivity contribution in [2.24, 2.45) is 0 Å². The van der Waals surface area contributed by atoms with Crippen LogP contribution in [0.25, 0.3) is 0 Å². The fourth-order valence-corrected chi connectivity index (χ4v) is 0.562. The zero-order chi connectivity index (χ0) is 7.98. The molecule has 0 saturated heterocycles. The van der Waals surface area contributed by atoms with E-state index >= 15 is 0 Å². The molecule has 0 bridgehead atoms. The number of rotatable bonds is 4. The van der Waals surface area contributed by atoms with E-state index < -0.39 is 0 Å². The summed E-state index contributed by atoms with van der Waals surface area (Å²) in [6, 6.07) is 0.354. The van der Waals surface area contributed by atoms with Gasteiger partial charge in [0.25, 0.3) is 0 Å². The molecule has 0 spiro atoms. The van der Waals surface area contributed by atoms with Crippen molar-refractivity contribution < 1.29 is 5.21 Å². The summed E-state index contributed by atoms with van der Waals surface area (Å²) in [5.74, 6) is 0.762. The summed E-state index contributed by atoms with van der Waals surface area (Å²) >= 11 is 0. The Hall–Kier alpha value is -0.900. The van der Waals surface area contributed by atoms with E-state index in [2.05, 4.69) is 10.6 Å². The van der Waals surface area contributed by atoms with E-state index in [0.29, 0.717) is 6.04 Å². The molecule has 0 aromatic rings. The maximum atomic E-state index is 8.27. The van der Waals surface area contributed by atoms with Gasteiger partial charge in [0, 0.05) is 13.1 Å². The predicted octanol–water partition coefficient (Wildman–Crippen LogP) is -0.0185. The standard InChI is InChI=1S/C6H15N3O/c1-5(2)9-6(7-3)4-8-10/h4-5,7-10H,1-3H3/b6-4+. The molecule has 0 unspecified atom stereocenters. The van der Waals surface area contributed by atoms with E-state index in [0.717, 1.165) is 5.82 Å².